The van der Waals surface area contributed by atoms with Gasteiger partial charge in [0.1, 0.15) is 5.82 Å². The monoisotopic (exact) mass is 280 g/mol. The maximum atomic E-state index is 11.1. The summed E-state index contributed by atoms with van der Waals surface area (Å²) in [5.41, 5.74) is -0.243. The van der Waals surface area contributed by atoms with Crippen LogP contribution in [-0.4, -0.2) is 25.4 Å². The lowest BCUT2D eigenvalue weighted by Gasteiger charge is -2.06. The summed E-state index contributed by atoms with van der Waals surface area (Å²) in [5.74, 6) is -0.696. The number of hydrogen-bond acceptors (Lipinski definition) is 7. The summed E-state index contributed by atoms with van der Waals surface area (Å²) in [6.07, 6.45) is 0. The van der Waals surface area contributed by atoms with E-state index in [-0.39, 0.29) is 16.9 Å². The van der Waals surface area contributed by atoms with E-state index in [1.807, 2.05) is 0 Å². The van der Waals surface area contributed by atoms with Gasteiger partial charge in [0, 0.05) is 23.7 Å². The van der Waals surface area contributed by atoms with E-state index in [1.165, 1.54) is 12.1 Å². The highest BCUT2D eigenvalue weighted by molar-refractivity contribution is 7.09. The summed E-state index contributed by atoms with van der Waals surface area (Å²) < 4.78 is 3.95. The van der Waals surface area contributed by atoms with Crippen molar-refractivity contribution in [2.75, 3.05) is 5.32 Å². The first-order valence-electron chi connectivity index (χ1n) is 5.06. The molecule has 98 valence electrons. The predicted molar refractivity (Wildman–Crippen MR) is 68.0 cm³/mol. The zero-order chi connectivity index (χ0) is 14.0. The van der Waals surface area contributed by atoms with Crippen LogP contribution in [0.4, 0.5) is 16.5 Å². The maximum Gasteiger partial charge on any atom is 0.338 e. The Morgan fingerprint density at radius 1 is 1.53 bits per heavy atom. The first kappa shape index (κ1) is 12.9. The number of non-ortho nitro benzene ring substituents is 1. The molecule has 0 aliphatic carbocycles. The molecule has 0 spiro atoms. The van der Waals surface area contributed by atoms with E-state index in [1.54, 1.807) is 6.92 Å². The van der Waals surface area contributed by atoms with Crippen LogP contribution in [0.15, 0.2) is 18.2 Å². The van der Waals surface area contributed by atoms with Crippen molar-refractivity contribution in [3.8, 4) is 0 Å². The Kier molecular flexibility index (Phi) is 3.38. The molecule has 0 amide bonds. The van der Waals surface area contributed by atoms with Crippen molar-refractivity contribution in [3.63, 3.8) is 0 Å². The van der Waals surface area contributed by atoms with Gasteiger partial charge >= 0.3 is 5.97 Å². The van der Waals surface area contributed by atoms with Gasteiger partial charge in [-0.25, -0.2) is 9.78 Å². The van der Waals surface area contributed by atoms with Crippen molar-refractivity contribution in [3.05, 3.63) is 39.7 Å². The number of nitro benzene ring substituents is 1. The Morgan fingerprint density at radius 3 is 2.79 bits per heavy atom. The van der Waals surface area contributed by atoms with Gasteiger partial charge in [0.15, 0.2) is 0 Å². The molecule has 0 saturated carbocycles. The van der Waals surface area contributed by atoms with Gasteiger partial charge in [-0.15, -0.1) is 0 Å². The minimum absolute atomic E-state index is 0.193. The van der Waals surface area contributed by atoms with Crippen LogP contribution in [0, 0.1) is 17.0 Å². The van der Waals surface area contributed by atoms with E-state index < -0.39 is 10.9 Å². The second-order valence-electron chi connectivity index (χ2n) is 3.56. The molecule has 0 aliphatic rings. The van der Waals surface area contributed by atoms with Gasteiger partial charge in [0.25, 0.3) is 5.69 Å². The van der Waals surface area contributed by atoms with Gasteiger partial charge in [-0.05, 0) is 13.0 Å². The zero-order valence-corrected chi connectivity index (χ0v) is 10.5. The molecule has 0 radical (unpaired) electrons. The normalized spacial score (nSPS) is 10.2. The van der Waals surface area contributed by atoms with E-state index in [2.05, 4.69) is 14.7 Å². The molecule has 0 unspecified atom stereocenters. The second-order valence-corrected chi connectivity index (χ2v) is 4.32. The van der Waals surface area contributed by atoms with Crippen LogP contribution < -0.4 is 5.32 Å². The molecule has 0 fully saturated rings. The Balaban J connectivity index is 2.39. The first-order chi connectivity index (χ1) is 8.97. The molecular formula is C10H8N4O4S. The Morgan fingerprint density at radius 2 is 2.26 bits per heavy atom. The van der Waals surface area contributed by atoms with Crippen molar-refractivity contribution >= 4 is 34.0 Å². The van der Waals surface area contributed by atoms with Gasteiger partial charge in [-0.2, -0.15) is 4.37 Å². The zero-order valence-electron chi connectivity index (χ0n) is 9.65. The molecule has 0 aliphatic heterocycles. The highest BCUT2D eigenvalue weighted by atomic mass is 32.1. The van der Waals surface area contributed by atoms with E-state index in [0.29, 0.717) is 11.0 Å². The van der Waals surface area contributed by atoms with E-state index in [9.17, 15) is 14.9 Å². The molecule has 1 heterocycles. The van der Waals surface area contributed by atoms with Crippen LogP contribution in [-0.2, 0) is 0 Å². The number of aromatic nitrogens is 2. The van der Waals surface area contributed by atoms with Crippen molar-refractivity contribution in [1.29, 1.82) is 0 Å². The predicted octanol–water partition coefficient (Wildman–Crippen LogP) is 2.20. The number of nitrogens with zero attached hydrogens (tertiary/aromatic N) is 3. The fraction of sp³-hybridized carbons (Fsp3) is 0.100. The number of rotatable bonds is 4. The largest absolute Gasteiger partial charge is 0.478 e. The molecule has 0 bridgehead atoms. The molecule has 1 aromatic carbocycles. The Hall–Kier alpha value is -2.55. The highest BCUT2D eigenvalue weighted by Gasteiger charge is 2.16. The number of nitro groups is 1. The summed E-state index contributed by atoms with van der Waals surface area (Å²) in [5, 5.41) is 22.9. The summed E-state index contributed by atoms with van der Waals surface area (Å²) in [6, 6.07) is 3.56. The number of carbonyl (C=O) groups is 1. The fourth-order valence-corrected chi connectivity index (χ4v) is 1.98. The van der Waals surface area contributed by atoms with Gasteiger partial charge in [0.05, 0.1) is 16.2 Å². The summed E-state index contributed by atoms with van der Waals surface area (Å²) in [6.45, 7) is 1.70. The number of nitrogens with one attached hydrogen (secondary N) is 1. The Labute approximate surface area is 111 Å². The topological polar surface area (TPSA) is 118 Å². The smallest absolute Gasteiger partial charge is 0.338 e. The number of aryl methyl sites for hydroxylation is 1. The standard InChI is InChI=1S/C10H8N4O4S/c1-5-11-10(19-13-5)12-8-3-2-6(14(17)18)4-7(8)9(15)16/h2-4H,1H3,(H,15,16)(H,11,12,13). The average Bonchev–Trinajstić information content (AvgIpc) is 2.74. The van der Waals surface area contributed by atoms with Crippen molar-refractivity contribution in [2.45, 2.75) is 6.92 Å². The minimum atomic E-state index is -1.26. The van der Waals surface area contributed by atoms with Crippen LogP contribution in [0.3, 0.4) is 0 Å². The van der Waals surface area contributed by atoms with E-state index >= 15 is 0 Å². The number of hydrogen-bond donors (Lipinski definition) is 2. The number of anilines is 2. The van der Waals surface area contributed by atoms with Crippen molar-refractivity contribution < 1.29 is 14.8 Å². The average molecular weight is 280 g/mol. The third-order valence-corrected chi connectivity index (χ3v) is 2.94. The fourth-order valence-electron chi connectivity index (χ4n) is 1.39. The number of benzene rings is 1. The maximum absolute atomic E-state index is 11.1. The molecular weight excluding hydrogens is 272 g/mol. The third kappa shape index (κ3) is 2.83. The SMILES string of the molecule is Cc1nsc(Nc2ccc([N+](=O)[O-])cc2C(=O)O)n1. The molecule has 0 atom stereocenters. The number of aromatic carboxylic acids is 1. The lowest BCUT2D eigenvalue weighted by atomic mass is 10.1. The molecule has 19 heavy (non-hydrogen) atoms. The van der Waals surface area contributed by atoms with Gasteiger partial charge in [-0.3, -0.25) is 10.1 Å². The van der Waals surface area contributed by atoms with Gasteiger partial charge in [-0.1, -0.05) is 0 Å². The quantitative estimate of drug-likeness (QED) is 0.650. The molecule has 8 nitrogen and oxygen atoms in total. The Bertz CT molecular complexity index is 655. The summed E-state index contributed by atoms with van der Waals surface area (Å²) in [7, 11) is 0. The molecule has 2 N–H and O–H groups in total. The van der Waals surface area contributed by atoms with Crippen LogP contribution >= 0.6 is 11.5 Å². The van der Waals surface area contributed by atoms with Crippen molar-refractivity contribution in [1.82, 2.24) is 9.36 Å². The summed E-state index contributed by atoms with van der Waals surface area (Å²) >= 11 is 1.08. The van der Waals surface area contributed by atoms with Crippen molar-refractivity contribution in [2.24, 2.45) is 0 Å². The number of carboxylic acids is 1. The lowest BCUT2D eigenvalue weighted by Crippen LogP contribution is -2.03. The molecule has 2 rings (SSSR count). The number of carboxylic acid groups (broad SMARTS) is 1. The van der Waals surface area contributed by atoms with E-state index in [0.717, 1.165) is 17.6 Å². The second kappa shape index (κ2) is 4.98. The van der Waals surface area contributed by atoms with Crippen LogP contribution in [0.25, 0.3) is 0 Å². The summed E-state index contributed by atoms with van der Waals surface area (Å²) in [4.78, 5) is 25.1. The minimum Gasteiger partial charge on any atom is -0.478 e. The molecule has 2 aromatic rings. The molecule has 9 heteroatoms. The first-order valence-corrected chi connectivity index (χ1v) is 5.84. The van der Waals surface area contributed by atoms with Crippen LogP contribution in [0.1, 0.15) is 16.2 Å². The van der Waals surface area contributed by atoms with Crippen LogP contribution in [0.2, 0.25) is 0 Å². The molecule has 0 saturated heterocycles. The van der Waals surface area contributed by atoms with Gasteiger partial charge < -0.3 is 10.4 Å². The van der Waals surface area contributed by atoms with E-state index in [4.69, 9.17) is 5.11 Å². The third-order valence-electron chi connectivity index (χ3n) is 2.21. The highest BCUT2D eigenvalue weighted by Crippen LogP contribution is 2.26. The van der Waals surface area contributed by atoms with Crippen LogP contribution in [0.5, 0.6) is 0 Å². The van der Waals surface area contributed by atoms with Gasteiger partial charge in [0.2, 0.25) is 5.13 Å². The lowest BCUT2D eigenvalue weighted by molar-refractivity contribution is -0.384. The molecule has 1 aromatic heterocycles.